The summed E-state index contributed by atoms with van der Waals surface area (Å²) in [7, 11) is 2.06. The van der Waals surface area contributed by atoms with E-state index in [1.165, 1.54) is 0 Å². The van der Waals surface area contributed by atoms with Gasteiger partial charge in [-0.2, -0.15) is 0 Å². The number of anilines is 1. The first kappa shape index (κ1) is 19.9. The van der Waals surface area contributed by atoms with Gasteiger partial charge in [0.1, 0.15) is 6.10 Å². The van der Waals surface area contributed by atoms with E-state index >= 15 is 0 Å². The monoisotopic (exact) mass is 382 g/mol. The molecule has 3 rings (SSSR count). The highest BCUT2D eigenvalue weighted by atomic mass is 16.6. The summed E-state index contributed by atoms with van der Waals surface area (Å²) in [6.45, 7) is 1.82. The molecule has 1 fully saturated rings. The molecule has 6 nitrogen and oxygen atoms in total. The molecule has 0 saturated carbocycles. The molecule has 0 bridgehead atoms. The topological polar surface area (TPSA) is 78.9 Å². The zero-order chi connectivity index (χ0) is 19.9. The molecule has 1 aliphatic rings. The fourth-order valence-corrected chi connectivity index (χ4v) is 3.36. The number of piperidine rings is 1. The van der Waals surface area contributed by atoms with Crippen molar-refractivity contribution in [2.45, 2.75) is 31.8 Å². The van der Waals surface area contributed by atoms with Crippen molar-refractivity contribution in [3.8, 4) is 11.1 Å². The maximum atomic E-state index is 12.4. The average Bonchev–Trinajstić information content (AvgIpc) is 2.69. The number of hydrogen-bond donors (Lipinski definition) is 2. The lowest BCUT2D eigenvalue weighted by Gasteiger charge is -2.28. The Hall–Kier alpha value is -2.86. The van der Waals surface area contributed by atoms with E-state index in [1.807, 2.05) is 48.5 Å². The Kier molecular flexibility index (Phi) is 6.66. The van der Waals surface area contributed by atoms with Crippen LogP contribution in [-0.4, -0.2) is 48.3 Å². The van der Waals surface area contributed by atoms with Gasteiger partial charge in [0, 0.05) is 25.2 Å². The number of aliphatic carboxylic acids is 1. The van der Waals surface area contributed by atoms with Crippen molar-refractivity contribution >= 4 is 17.7 Å². The standard InChI is InChI=1S/C22H26N2O4/c1-24-13-11-19(12-14-24)28-22(27)23-20-15-18(16-5-3-2-4-6-16)8-7-17(20)9-10-21(25)26/h2-8,15,19H,9-14H2,1H3,(H,23,27)(H,25,26). The Morgan fingerprint density at radius 2 is 1.82 bits per heavy atom. The molecule has 1 amide bonds. The van der Waals surface area contributed by atoms with Crippen LogP contribution < -0.4 is 5.32 Å². The highest BCUT2D eigenvalue weighted by molar-refractivity contribution is 5.87. The molecule has 0 radical (unpaired) electrons. The Labute approximate surface area is 165 Å². The number of aryl methyl sites for hydroxylation is 1. The number of carbonyl (C=O) groups is 2. The highest BCUT2D eigenvalue weighted by Gasteiger charge is 2.21. The van der Waals surface area contributed by atoms with Crippen molar-refractivity contribution in [3.05, 3.63) is 54.1 Å². The van der Waals surface area contributed by atoms with Crippen LogP contribution in [0.5, 0.6) is 0 Å². The Morgan fingerprint density at radius 1 is 1.11 bits per heavy atom. The van der Waals surface area contributed by atoms with Gasteiger partial charge in [0.05, 0.1) is 0 Å². The number of carboxylic acids is 1. The predicted octanol–water partition coefficient (Wildman–Crippen LogP) is 4.01. The van der Waals surface area contributed by atoms with Crippen molar-refractivity contribution in [2.24, 2.45) is 0 Å². The number of carbonyl (C=O) groups excluding carboxylic acids is 1. The smallest absolute Gasteiger partial charge is 0.411 e. The molecular weight excluding hydrogens is 356 g/mol. The second-order valence-electron chi connectivity index (χ2n) is 7.16. The summed E-state index contributed by atoms with van der Waals surface area (Å²) in [4.78, 5) is 25.6. The predicted molar refractivity (Wildman–Crippen MR) is 108 cm³/mol. The van der Waals surface area contributed by atoms with Gasteiger partial charge in [-0.3, -0.25) is 10.1 Å². The van der Waals surface area contributed by atoms with Crippen molar-refractivity contribution in [1.82, 2.24) is 4.90 Å². The van der Waals surface area contributed by atoms with Gasteiger partial charge in [-0.25, -0.2) is 4.79 Å². The van der Waals surface area contributed by atoms with Crippen molar-refractivity contribution < 1.29 is 19.4 Å². The third-order valence-corrected chi connectivity index (χ3v) is 5.00. The normalized spacial score (nSPS) is 15.2. The fourth-order valence-electron chi connectivity index (χ4n) is 3.36. The van der Waals surface area contributed by atoms with Crippen LogP contribution in [0.3, 0.4) is 0 Å². The number of rotatable bonds is 6. The minimum atomic E-state index is -0.869. The summed E-state index contributed by atoms with van der Waals surface area (Å²) >= 11 is 0. The van der Waals surface area contributed by atoms with Gasteiger partial charge < -0.3 is 14.7 Å². The zero-order valence-electron chi connectivity index (χ0n) is 16.1. The largest absolute Gasteiger partial charge is 0.481 e. The van der Waals surface area contributed by atoms with E-state index in [0.717, 1.165) is 42.6 Å². The van der Waals surface area contributed by atoms with Crippen molar-refractivity contribution in [1.29, 1.82) is 0 Å². The number of benzene rings is 2. The van der Waals surface area contributed by atoms with E-state index in [-0.39, 0.29) is 12.5 Å². The molecule has 6 heteroatoms. The minimum Gasteiger partial charge on any atom is -0.481 e. The van der Waals surface area contributed by atoms with Crippen molar-refractivity contribution in [3.63, 3.8) is 0 Å². The van der Waals surface area contributed by atoms with Crippen LogP contribution in [0.25, 0.3) is 11.1 Å². The lowest BCUT2D eigenvalue weighted by atomic mass is 10.00. The third-order valence-electron chi connectivity index (χ3n) is 5.00. The first-order valence-corrected chi connectivity index (χ1v) is 9.57. The summed E-state index contributed by atoms with van der Waals surface area (Å²) in [5.41, 5.74) is 3.36. The third kappa shape index (κ3) is 5.57. The molecule has 148 valence electrons. The van der Waals surface area contributed by atoms with E-state index in [9.17, 15) is 9.59 Å². The van der Waals surface area contributed by atoms with Gasteiger partial charge in [-0.05, 0) is 49.1 Å². The molecule has 0 aromatic heterocycles. The van der Waals surface area contributed by atoms with Crippen LogP contribution in [0.4, 0.5) is 10.5 Å². The van der Waals surface area contributed by atoms with Gasteiger partial charge >= 0.3 is 12.1 Å². The molecule has 0 aliphatic carbocycles. The van der Waals surface area contributed by atoms with E-state index in [1.54, 1.807) is 0 Å². The molecule has 2 N–H and O–H groups in total. The van der Waals surface area contributed by atoms with Crippen LogP contribution in [-0.2, 0) is 16.0 Å². The zero-order valence-corrected chi connectivity index (χ0v) is 16.1. The SMILES string of the molecule is CN1CCC(OC(=O)Nc2cc(-c3ccccc3)ccc2CCC(=O)O)CC1. The number of carboxylic acid groups (broad SMARTS) is 1. The first-order chi connectivity index (χ1) is 13.5. The molecule has 2 aromatic carbocycles. The molecule has 1 aliphatic heterocycles. The van der Waals surface area contributed by atoms with Crippen molar-refractivity contribution in [2.75, 3.05) is 25.5 Å². The molecule has 0 spiro atoms. The molecule has 0 atom stereocenters. The number of ether oxygens (including phenoxy) is 1. The summed E-state index contributed by atoms with van der Waals surface area (Å²) < 4.78 is 5.58. The Morgan fingerprint density at radius 3 is 2.50 bits per heavy atom. The molecular formula is C22H26N2O4. The fraction of sp³-hybridized carbons (Fsp3) is 0.364. The van der Waals surface area contributed by atoms with E-state index in [2.05, 4.69) is 17.3 Å². The minimum absolute atomic E-state index is 0.00334. The van der Waals surface area contributed by atoms with Crippen LogP contribution in [0.1, 0.15) is 24.8 Å². The quantitative estimate of drug-likeness (QED) is 0.789. The molecule has 0 unspecified atom stereocenters. The first-order valence-electron chi connectivity index (χ1n) is 9.57. The molecule has 1 saturated heterocycles. The highest BCUT2D eigenvalue weighted by Crippen LogP contribution is 2.27. The van der Waals surface area contributed by atoms with Gasteiger partial charge in [0.2, 0.25) is 0 Å². The second kappa shape index (κ2) is 9.37. The Balaban J connectivity index is 1.75. The molecule has 1 heterocycles. The van der Waals surface area contributed by atoms with Gasteiger partial charge in [0.25, 0.3) is 0 Å². The molecule has 2 aromatic rings. The number of hydrogen-bond acceptors (Lipinski definition) is 4. The van der Waals surface area contributed by atoms with E-state index in [4.69, 9.17) is 9.84 Å². The maximum Gasteiger partial charge on any atom is 0.411 e. The van der Waals surface area contributed by atoms with Crippen LogP contribution in [0, 0.1) is 0 Å². The lowest BCUT2D eigenvalue weighted by molar-refractivity contribution is -0.136. The van der Waals surface area contributed by atoms with Gasteiger partial charge in [-0.15, -0.1) is 0 Å². The van der Waals surface area contributed by atoms with Gasteiger partial charge in [-0.1, -0.05) is 42.5 Å². The van der Waals surface area contributed by atoms with Crippen LogP contribution in [0.2, 0.25) is 0 Å². The number of likely N-dealkylation sites (tertiary alicyclic amines) is 1. The summed E-state index contributed by atoms with van der Waals surface area (Å²) in [6.07, 6.45) is 1.41. The van der Waals surface area contributed by atoms with E-state index in [0.29, 0.717) is 12.1 Å². The van der Waals surface area contributed by atoms with Crippen LogP contribution in [0.15, 0.2) is 48.5 Å². The Bertz CT molecular complexity index is 815. The van der Waals surface area contributed by atoms with Gasteiger partial charge in [0.15, 0.2) is 0 Å². The summed E-state index contributed by atoms with van der Waals surface area (Å²) in [5, 5.41) is 11.8. The number of nitrogens with zero attached hydrogens (tertiary/aromatic N) is 1. The number of nitrogens with one attached hydrogen (secondary N) is 1. The number of amides is 1. The van der Waals surface area contributed by atoms with E-state index < -0.39 is 12.1 Å². The summed E-state index contributed by atoms with van der Waals surface area (Å²) in [5.74, 6) is -0.869. The summed E-state index contributed by atoms with van der Waals surface area (Å²) in [6, 6.07) is 15.5. The second-order valence-corrected chi connectivity index (χ2v) is 7.16. The average molecular weight is 382 g/mol. The lowest BCUT2D eigenvalue weighted by Crippen LogP contribution is -2.36. The van der Waals surface area contributed by atoms with Crippen LogP contribution >= 0.6 is 0 Å². The maximum absolute atomic E-state index is 12.4. The molecule has 28 heavy (non-hydrogen) atoms.